The third-order valence-corrected chi connectivity index (χ3v) is 4.14. The summed E-state index contributed by atoms with van der Waals surface area (Å²) >= 11 is 0. The minimum Gasteiger partial charge on any atom is -0.497 e. The summed E-state index contributed by atoms with van der Waals surface area (Å²) in [5, 5.41) is 6.44. The predicted molar refractivity (Wildman–Crippen MR) is 84.6 cm³/mol. The van der Waals surface area contributed by atoms with Gasteiger partial charge in [0.15, 0.2) is 0 Å². The lowest BCUT2D eigenvalue weighted by Gasteiger charge is -2.23. The summed E-state index contributed by atoms with van der Waals surface area (Å²) in [4.78, 5) is 12.1. The normalized spacial score (nSPS) is 19.8. The van der Waals surface area contributed by atoms with E-state index in [0.717, 1.165) is 30.9 Å². The van der Waals surface area contributed by atoms with E-state index in [1.165, 1.54) is 12.8 Å². The Morgan fingerprint density at radius 3 is 3.10 bits per heavy atom. The van der Waals surface area contributed by atoms with Crippen LogP contribution in [0.15, 0.2) is 24.3 Å². The van der Waals surface area contributed by atoms with Crippen molar-refractivity contribution in [3.05, 3.63) is 29.8 Å². The topological polar surface area (TPSA) is 50.4 Å². The number of nitrogens with one attached hydrogen (secondary N) is 2. The lowest BCUT2D eigenvalue weighted by Crippen LogP contribution is -2.38. The number of ether oxygens (including phenoxy) is 1. The number of hydrogen-bond acceptors (Lipinski definition) is 3. The molecule has 1 aromatic carbocycles. The molecule has 0 spiro atoms. The summed E-state index contributed by atoms with van der Waals surface area (Å²) in [5.74, 6) is 1.75. The van der Waals surface area contributed by atoms with Gasteiger partial charge in [-0.15, -0.1) is 0 Å². The number of hydrogen-bond donors (Lipinski definition) is 2. The maximum Gasteiger partial charge on any atom is 0.220 e. The van der Waals surface area contributed by atoms with Crippen molar-refractivity contribution in [3.63, 3.8) is 0 Å². The predicted octanol–water partition coefficient (Wildman–Crippen LogP) is 2.30. The summed E-state index contributed by atoms with van der Waals surface area (Å²) in [6.07, 6.45) is 2.94. The second-order valence-electron chi connectivity index (χ2n) is 5.90. The maximum absolute atomic E-state index is 12.1. The molecule has 0 saturated carbocycles. The third kappa shape index (κ3) is 5.05. The molecule has 1 aliphatic rings. The van der Waals surface area contributed by atoms with Crippen LogP contribution in [0.1, 0.15) is 37.7 Å². The van der Waals surface area contributed by atoms with E-state index in [-0.39, 0.29) is 11.8 Å². The number of carbonyl (C=O) groups excluding carboxylic acids is 1. The average molecular weight is 290 g/mol. The molecule has 1 aliphatic heterocycles. The van der Waals surface area contributed by atoms with E-state index < -0.39 is 0 Å². The van der Waals surface area contributed by atoms with Crippen molar-refractivity contribution in [3.8, 4) is 5.75 Å². The van der Waals surface area contributed by atoms with Crippen LogP contribution in [-0.2, 0) is 4.79 Å². The highest BCUT2D eigenvalue weighted by Gasteiger charge is 2.16. The van der Waals surface area contributed by atoms with E-state index in [9.17, 15) is 4.79 Å². The van der Waals surface area contributed by atoms with Crippen molar-refractivity contribution in [1.82, 2.24) is 10.6 Å². The molecule has 0 aliphatic carbocycles. The fraction of sp³-hybridized carbons (Fsp3) is 0.588. The second-order valence-corrected chi connectivity index (χ2v) is 5.90. The molecule has 116 valence electrons. The molecule has 4 heteroatoms. The summed E-state index contributed by atoms with van der Waals surface area (Å²) in [7, 11) is 1.66. The molecule has 0 radical (unpaired) electrons. The largest absolute Gasteiger partial charge is 0.497 e. The van der Waals surface area contributed by atoms with Gasteiger partial charge in [0.05, 0.1) is 7.11 Å². The van der Waals surface area contributed by atoms with Crippen LogP contribution in [0.5, 0.6) is 5.75 Å². The lowest BCUT2D eigenvalue weighted by atomic mass is 9.96. The first-order valence-corrected chi connectivity index (χ1v) is 7.80. The van der Waals surface area contributed by atoms with Gasteiger partial charge < -0.3 is 15.4 Å². The summed E-state index contributed by atoms with van der Waals surface area (Å²) in [6.45, 7) is 5.00. The molecule has 1 saturated heterocycles. The smallest absolute Gasteiger partial charge is 0.220 e. The average Bonchev–Trinajstić information content (AvgIpc) is 2.54. The van der Waals surface area contributed by atoms with Crippen molar-refractivity contribution in [2.75, 3.05) is 26.7 Å². The molecular weight excluding hydrogens is 264 g/mol. The van der Waals surface area contributed by atoms with Gasteiger partial charge in [0.25, 0.3) is 0 Å². The Bertz CT molecular complexity index is 456. The molecule has 1 aromatic rings. The summed E-state index contributed by atoms with van der Waals surface area (Å²) < 4.78 is 5.23. The Balaban J connectivity index is 1.78. The molecule has 0 bridgehead atoms. The zero-order valence-electron chi connectivity index (χ0n) is 13.0. The highest BCUT2D eigenvalue weighted by Crippen LogP contribution is 2.23. The van der Waals surface area contributed by atoms with E-state index in [0.29, 0.717) is 12.3 Å². The van der Waals surface area contributed by atoms with Gasteiger partial charge in [-0.2, -0.15) is 0 Å². The molecule has 1 fully saturated rings. The first kappa shape index (κ1) is 15.8. The van der Waals surface area contributed by atoms with Crippen molar-refractivity contribution < 1.29 is 9.53 Å². The number of amides is 1. The van der Waals surface area contributed by atoms with Gasteiger partial charge in [0, 0.05) is 13.0 Å². The van der Waals surface area contributed by atoms with Crippen LogP contribution in [0.3, 0.4) is 0 Å². The fourth-order valence-electron chi connectivity index (χ4n) is 2.77. The van der Waals surface area contributed by atoms with Crippen LogP contribution in [0.2, 0.25) is 0 Å². The van der Waals surface area contributed by atoms with E-state index in [1.807, 2.05) is 24.3 Å². The van der Waals surface area contributed by atoms with Crippen molar-refractivity contribution >= 4 is 5.91 Å². The van der Waals surface area contributed by atoms with Crippen LogP contribution in [0, 0.1) is 5.92 Å². The minimum absolute atomic E-state index is 0.135. The molecule has 2 N–H and O–H groups in total. The maximum atomic E-state index is 12.1. The van der Waals surface area contributed by atoms with Crippen LogP contribution in [0.4, 0.5) is 0 Å². The van der Waals surface area contributed by atoms with Crippen LogP contribution < -0.4 is 15.4 Å². The SMILES string of the molecule is COc1cccc(C(C)CC(=O)NCC2CCCNC2)c1. The van der Waals surface area contributed by atoms with Crippen molar-refractivity contribution in [1.29, 1.82) is 0 Å². The second kappa shape index (κ2) is 8.03. The Labute approximate surface area is 127 Å². The van der Waals surface area contributed by atoms with Crippen molar-refractivity contribution in [2.24, 2.45) is 5.92 Å². The minimum atomic E-state index is 0.135. The van der Waals surface area contributed by atoms with Gasteiger partial charge in [-0.3, -0.25) is 4.79 Å². The monoisotopic (exact) mass is 290 g/mol. The third-order valence-electron chi connectivity index (χ3n) is 4.14. The van der Waals surface area contributed by atoms with E-state index >= 15 is 0 Å². The van der Waals surface area contributed by atoms with Gasteiger partial charge in [-0.05, 0) is 55.5 Å². The van der Waals surface area contributed by atoms with E-state index in [2.05, 4.69) is 17.6 Å². The molecular formula is C17H26N2O2. The zero-order valence-corrected chi connectivity index (χ0v) is 13.0. The van der Waals surface area contributed by atoms with Crippen LogP contribution in [0.25, 0.3) is 0 Å². The number of benzene rings is 1. The van der Waals surface area contributed by atoms with Gasteiger partial charge in [0.2, 0.25) is 5.91 Å². The van der Waals surface area contributed by atoms with E-state index in [4.69, 9.17) is 4.74 Å². The molecule has 0 aromatic heterocycles. The molecule has 2 unspecified atom stereocenters. The Hall–Kier alpha value is -1.55. The highest BCUT2D eigenvalue weighted by molar-refractivity contribution is 5.76. The number of methoxy groups -OCH3 is 1. The quantitative estimate of drug-likeness (QED) is 0.845. The first-order valence-electron chi connectivity index (χ1n) is 7.80. The molecule has 2 rings (SSSR count). The Morgan fingerprint density at radius 2 is 2.38 bits per heavy atom. The van der Waals surface area contributed by atoms with Crippen LogP contribution >= 0.6 is 0 Å². The zero-order chi connectivity index (χ0) is 15.1. The number of rotatable bonds is 6. The molecule has 1 heterocycles. The summed E-state index contributed by atoms with van der Waals surface area (Å²) in [6, 6.07) is 7.94. The Kier molecular flexibility index (Phi) is 6.05. The highest BCUT2D eigenvalue weighted by atomic mass is 16.5. The van der Waals surface area contributed by atoms with Crippen molar-refractivity contribution in [2.45, 2.75) is 32.1 Å². The molecule has 1 amide bonds. The standard InChI is InChI=1S/C17H26N2O2/c1-13(15-6-3-7-16(10-15)21-2)9-17(20)19-12-14-5-4-8-18-11-14/h3,6-7,10,13-14,18H,4-5,8-9,11-12H2,1-2H3,(H,19,20). The van der Waals surface area contributed by atoms with Gasteiger partial charge in [0.1, 0.15) is 5.75 Å². The van der Waals surface area contributed by atoms with E-state index in [1.54, 1.807) is 7.11 Å². The molecule has 2 atom stereocenters. The van der Waals surface area contributed by atoms with Gasteiger partial charge >= 0.3 is 0 Å². The molecule has 21 heavy (non-hydrogen) atoms. The summed E-state index contributed by atoms with van der Waals surface area (Å²) in [5.41, 5.74) is 1.14. The van der Waals surface area contributed by atoms with Crippen LogP contribution in [-0.4, -0.2) is 32.7 Å². The fourth-order valence-corrected chi connectivity index (χ4v) is 2.77. The number of carbonyl (C=O) groups is 1. The number of piperidine rings is 1. The Morgan fingerprint density at radius 1 is 1.52 bits per heavy atom. The first-order chi connectivity index (χ1) is 10.2. The lowest BCUT2D eigenvalue weighted by molar-refractivity contribution is -0.121. The van der Waals surface area contributed by atoms with Gasteiger partial charge in [-0.25, -0.2) is 0 Å². The molecule has 4 nitrogen and oxygen atoms in total. The van der Waals surface area contributed by atoms with Gasteiger partial charge in [-0.1, -0.05) is 19.1 Å².